The lowest BCUT2D eigenvalue weighted by Gasteiger charge is -2.23. The molecule has 1 aliphatic heterocycles. The lowest BCUT2D eigenvalue weighted by molar-refractivity contribution is -0.131. The van der Waals surface area contributed by atoms with Gasteiger partial charge in [-0.05, 0) is 25.0 Å². The third-order valence-electron chi connectivity index (χ3n) is 3.87. The van der Waals surface area contributed by atoms with E-state index in [1.165, 1.54) is 7.11 Å². The number of hydrogen-bond acceptors (Lipinski definition) is 4. The monoisotopic (exact) mass is 302 g/mol. The van der Waals surface area contributed by atoms with Crippen LogP contribution in [0.2, 0.25) is 0 Å². The van der Waals surface area contributed by atoms with Gasteiger partial charge in [-0.1, -0.05) is 12.1 Å². The van der Waals surface area contributed by atoms with E-state index in [1.807, 2.05) is 24.3 Å². The molecule has 2 aromatic rings. The number of H-pyrrole nitrogens is 1. The molecule has 0 spiro atoms. The van der Waals surface area contributed by atoms with Gasteiger partial charge in [0, 0.05) is 6.54 Å². The third-order valence-corrected chi connectivity index (χ3v) is 3.87. The molecule has 116 valence electrons. The van der Waals surface area contributed by atoms with Crippen LogP contribution >= 0.6 is 0 Å². The van der Waals surface area contributed by atoms with Crippen LogP contribution in [0.3, 0.4) is 0 Å². The van der Waals surface area contributed by atoms with Crippen LogP contribution in [0, 0.1) is 0 Å². The van der Waals surface area contributed by atoms with E-state index in [9.17, 15) is 9.59 Å². The molecule has 1 aromatic carbocycles. The van der Waals surface area contributed by atoms with Crippen molar-refractivity contribution in [2.75, 3.05) is 20.2 Å². The molecule has 2 N–H and O–H groups in total. The van der Waals surface area contributed by atoms with Crippen molar-refractivity contribution in [2.24, 2.45) is 0 Å². The summed E-state index contributed by atoms with van der Waals surface area (Å²) in [5, 5.41) is 2.42. The zero-order valence-electron chi connectivity index (χ0n) is 12.3. The minimum absolute atomic E-state index is 0.0661. The van der Waals surface area contributed by atoms with Gasteiger partial charge in [-0.25, -0.2) is 9.78 Å². The van der Waals surface area contributed by atoms with Crippen LogP contribution in [0.25, 0.3) is 11.0 Å². The Morgan fingerprint density at radius 3 is 3.05 bits per heavy atom. The number of ether oxygens (including phenoxy) is 1. The minimum atomic E-state index is -0.604. The molecule has 2 heterocycles. The number of fused-ring (bicyclic) bond motifs is 1. The van der Waals surface area contributed by atoms with Gasteiger partial charge in [0.15, 0.2) is 0 Å². The summed E-state index contributed by atoms with van der Waals surface area (Å²) in [7, 11) is 1.27. The second-order valence-electron chi connectivity index (χ2n) is 5.23. The highest BCUT2D eigenvalue weighted by molar-refractivity contribution is 5.83. The first kappa shape index (κ1) is 14.4. The molecule has 0 unspecified atom stereocenters. The van der Waals surface area contributed by atoms with E-state index in [1.54, 1.807) is 4.90 Å². The quantitative estimate of drug-likeness (QED) is 0.901. The summed E-state index contributed by atoms with van der Waals surface area (Å²) < 4.78 is 4.48. The number of carbonyl (C=O) groups excluding carboxylic acids is 2. The van der Waals surface area contributed by atoms with E-state index in [0.717, 1.165) is 29.7 Å². The fourth-order valence-corrected chi connectivity index (χ4v) is 2.80. The van der Waals surface area contributed by atoms with E-state index in [-0.39, 0.29) is 18.5 Å². The van der Waals surface area contributed by atoms with Crippen LogP contribution in [0.15, 0.2) is 24.3 Å². The van der Waals surface area contributed by atoms with Crippen LogP contribution in [-0.2, 0) is 9.53 Å². The molecule has 0 bridgehead atoms. The highest BCUT2D eigenvalue weighted by Crippen LogP contribution is 2.31. The maximum Gasteiger partial charge on any atom is 0.407 e. The van der Waals surface area contributed by atoms with Gasteiger partial charge in [0.05, 0.1) is 24.2 Å². The predicted molar refractivity (Wildman–Crippen MR) is 80.2 cm³/mol. The Morgan fingerprint density at radius 1 is 1.45 bits per heavy atom. The molecule has 22 heavy (non-hydrogen) atoms. The number of aromatic amines is 1. The molecule has 1 aliphatic rings. The summed E-state index contributed by atoms with van der Waals surface area (Å²) in [5.41, 5.74) is 1.86. The number of carbonyl (C=O) groups is 2. The molecule has 0 radical (unpaired) electrons. The van der Waals surface area contributed by atoms with Crippen molar-refractivity contribution < 1.29 is 14.3 Å². The van der Waals surface area contributed by atoms with Crippen molar-refractivity contribution in [1.82, 2.24) is 20.2 Å². The number of aromatic nitrogens is 2. The normalized spacial score (nSPS) is 17.7. The van der Waals surface area contributed by atoms with Crippen molar-refractivity contribution in [3.63, 3.8) is 0 Å². The number of imidazole rings is 1. The molecule has 1 saturated heterocycles. The molecule has 7 heteroatoms. The Kier molecular flexibility index (Phi) is 3.95. The fraction of sp³-hybridized carbons (Fsp3) is 0.400. The fourth-order valence-electron chi connectivity index (χ4n) is 2.80. The number of amides is 2. The summed E-state index contributed by atoms with van der Waals surface area (Å²) in [6.07, 6.45) is 1.18. The molecule has 1 fully saturated rings. The lowest BCUT2D eigenvalue weighted by Crippen LogP contribution is -2.40. The highest BCUT2D eigenvalue weighted by atomic mass is 16.5. The Bertz CT molecular complexity index is 664. The zero-order chi connectivity index (χ0) is 15.5. The van der Waals surface area contributed by atoms with Crippen molar-refractivity contribution in [3.05, 3.63) is 30.1 Å². The molecule has 3 rings (SSSR count). The summed E-state index contributed by atoms with van der Waals surface area (Å²) in [5.74, 6) is 0.665. The van der Waals surface area contributed by atoms with E-state index in [2.05, 4.69) is 20.0 Å². The molecule has 1 atom stereocenters. The van der Waals surface area contributed by atoms with E-state index in [4.69, 9.17) is 0 Å². The molecule has 1 aromatic heterocycles. The molecular formula is C15H18N4O3. The van der Waals surface area contributed by atoms with Gasteiger partial charge in [0.25, 0.3) is 0 Å². The minimum Gasteiger partial charge on any atom is -0.453 e. The van der Waals surface area contributed by atoms with Crippen LogP contribution in [0.4, 0.5) is 4.79 Å². The van der Waals surface area contributed by atoms with E-state index in [0.29, 0.717) is 6.54 Å². The number of benzene rings is 1. The number of para-hydroxylation sites is 2. The smallest absolute Gasteiger partial charge is 0.407 e. The van der Waals surface area contributed by atoms with Crippen LogP contribution in [-0.4, -0.2) is 47.1 Å². The molecular weight excluding hydrogens is 284 g/mol. The maximum atomic E-state index is 12.3. The first-order chi connectivity index (χ1) is 10.7. The zero-order valence-corrected chi connectivity index (χ0v) is 12.3. The van der Waals surface area contributed by atoms with Gasteiger partial charge in [0.2, 0.25) is 5.91 Å². The predicted octanol–water partition coefficient (Wildman–Crippen LogP) is 1.58. The summed E-state index contributed by atoms with van der Waals surface area (Å²) in [6.45, 7) is 0.604. The molecule has 0 aliphatic carbocycles. The van der Waals surface area contributed by atoms with Gasteiger partial charge >= 0.3 is 6.09 Å². The third kappa shape index (κ3) is 2.74. The second kappa shape index (κ2) is 6.05. The average Bonchev–Trinajstić information content (AvgIpc) is 3.17. The highest BCUT2D eigenvalue weighted by Gasteiger charge is 2.32. The SMILES string of the molecule is COC(=O)NCC(=O)N1CCC[C@H]1c1nc2ccccc2[nH]1. The standard InChI is InChI=1S/C15H18N4O3/c1-22-15(21)16-9-13(20)19-8-4-7-12(19)14-17-10-5-2-3-6-11(10)18-14/h2-3,5-6,12H,4,7-9H2,1H3,(H,16,21)(H,17,18)/t12-/m0/s1. The Morgan fingerprint density at radius 2 is 2.27 bits per heavy atom. The van der Waals surface area contributed by atoms with E-state index >= 15 is 0 Å². The van der Waals surface area contributed by atoms with Crippen LogP contribution < -0.4 is 5.32 Å². The number of hydrogen-bond donors (Lipinski definition) is 2. The number of nitrogens with zero attached hydrogens (tertiary/aromatic N) is 2. The first-order valence-corrected chi connectivity index (χ1v) is 7.25. The van der Waals surface area contributed by atoms with Crippen molar-refractivity contribution in [2.45, 2.75) is 18.9 Å². The molecule has 2 amide bonds. The van der Waals surface area contributed by atoms with Crippen LogP contribution in [0.1, 0.15) is 24.7 Å². The van der Waals surface area contributed by atoms with Crippen molar-refractivity contribution >= 4 is 23.0 Å². The maximum absolute atomic E-state index is 12.3. The number of rotatable bonds is 3. The van der Waals surface area contributed by atoms with Crippen molar-refractivity contribution in [1.29, 1.82) is 0 Å². The average molecular weight is 302 g/mol. The lowest BCUT2D eigenvalue weighted by atomic mass is 10.2. The van der Waals surface area contributed by atoms with Gasteiger partial charge in [-0.2, -0.15) is 0 Å². The molecule has 7 nitrogen and oxygen atoms in total. The van der Waals surface area contributed by atoms with Gasteiger partial charge in [-0.15, -0.1) is 0 Å². The second-order valence-corrected chi connectivity index (χ2v) is 5.23. The first-order valence-electron chi connectivity index (χ1n) is 7.25. The Labute approximate surface area is 127 Å². The number of methoxy groups -OCH3 is 1. The number of nitrogens with one attached hydrogen (secondary N) is 2. The Balaban J connectivity index is 1.75. The summed E-state index contributed by atoms with van der Waals surface area (Å²) >= 11 is 0. The number of likely N-dealkylation sites (tertiary alicyclic amines) is 1. The van der Waals surface area contributed by atoms with Crippen molar-refractivity contribution in [3.8, 4) is 0 Å². The largest absolute Gasteiger partial charge is 0.453 e. The summed E-state index contributed by atoms with van der Waals surface area (Å²) in [6, 6.07) is 7.72. The van der Waals surface area contributed by atoms with Crippen LogP contribution in [0.5, 0.6) is 0 Å². The summed E-state index contributed by atoms with van der Waals surface area (Å²) in [4.78, 5) is 33.0. The topological polar surface area (TPSA) is 87.3 Å². The van der Waals surface area contributed by atoms with Gasteiger partial charge in [0.1, 0.15) is 12.4 Å². The van der Waals surface area contributed by atoms with Gasteiger partial charge < -0.3 is 19.9 Å². The Hall–Kier alpha value is -2.57. The number of alkyl carbamates (subject to hydrolysis) is 1. The van der Waals surface area contributed by atoms with E-state index < -0.39 is 6.09 Å². The van der Waals surface area contributed by atoms with Gasteiger partial charge in [-0.3, -0.25) is 4.79 Å². The molecule has 0 saturated carbocycles.